The van der Waals surface area contributed by atoms with Crippen LogP contribution in [0.2, 0.25) is 0 Å². The molecule has 13 nitrogen and oxygen atoms in total. The molecule has 2 saturated heterocycles. The van der Waals surface area contributed by atoms with Gasteiger partial charge in [-0.2, -0.15) is 0 Å². The minimum absolute atomic E-state index is 0.0926. The van der Waals surface area contributed by atoms with Gasteiger partial charge >= 0.3 is 5.97 Å². The summed E-state index contributed by atoms with van der Waals surface area (Å²) in [6.45, 7) is 19.5. The molecule has 0 radical (unpaired) electrons. The summed E-state index contributed by atoms with van der Waals surface area (Å²) in [7, 11) is 3.29. The molecular weight excluding hydrogens is 650 g/mol. The normalized spacial score (nSPS) is 35.8. The van der Waals surface area contributed by atoms with Crippen LogP contribution in [0.25, 0.3) is 0 Å². The van der Waals surface area contributed by atoms with Crippen LogP contribution in [0.4, 0.5) is 0 Å². The van der Waals surface area contributed by atoms with Crippen LogP contribution in [-0.4, -0.2) is 130 Å². The van der Waals surface area contributed by atoms with E-state index in [0.29, 0.717) is 6.42 Å². The summed E-state index contributed by atoms with van der Waals surface area (Å²) in [6.07, 6.45) is -6.59. The first kappa shape index (κ1) is 45.2. The molecule has 2 rings (SSSR count). The number of ether oxygens (including phenoxy) is 6. The van der Waals surface area contributed by atoms with E-state index >= 15 is 0 Å². The Bertz CT molecular complexity index is 1020. The fourth-order valence-electron chi connectivity index (χ4n) is 7.57. The number of likely N-dealkylation sites (N-methyl/N-ethyl adjacent to an activating group) is 1. The first-order valence-corrected chi connectivity index (χ1v) is 18.7. The van der Waals surface area contributed by atoms with Gasteiger partial charge in [-0.25, -0.2) is 0 Å². The monoisotopic (exact) mass is 721 g/mol. The first-order valence-electron chi connectivity index (χ1n) is 18.7. The van der Waals surface area contributed by atoms with Gasteiger partial charge in [-0.1, -0.05) is 41.0 Å². The van der Waals surface area contributed by atoms with Gasteiger partial charge in [0.05, 0.1) is 48.1 Å². The average Bonchev–Trinajstić information content (AvgIpc) is 3.07. The van der Waals surface area contributed by atoms with Crippen molar-refractivity contribution in [3.8, 4) is 0 Å². The van der Waals surface area contributed by atoms with Crippen LogP contribution >= 0.6 is 0 Å². The molecule has 50 heavy (non-hydrogen) atoms. The van der Waals surface area contributed by atoms with Crippen LogP contribution in [0.15, 0.2) is 0 Å². The standard InChI is InChI=1S/C37H71NO12/c1-14-16-19(3)29(39)22(6)32(41)37(11,44)27(15-2)49-34(43)23(7)31(50-28-18-36(10,45-13)33(42)25(9)47-28)21(5)24(8)48-35-30(40)26(38-12)17-20(4)46-35/h19-33,35,38-42,44H,14-18H2,1-13H3/t19-,20-,21-,22+,23-,24+,25+,26+,27-,28+,29+,30-,31+,32-,33+,35+,36-,37-/m1/s1. The second kappa shape index (κ2) is 19.4. The molecule has 0 aromatic heterocycles. The largest absolute Gasteiger partial charge is 0.459 e. The fourth-order valence-corrected chi connectivity index (χ4v) is 7.57. The molecule has 2 fully saturated rings. The van der Waals surface area contributed by atoms with Gasteiger partial charge in [-0.05, 0) is 73.8 Å². The van der Waals surface area contributed by atoms with Crippen molar-refractivity contribution in [1.82, 2.24) is 5.32 Å². The molecular formula is C37H71NO12. The van der Waals surface area contributed by atoms with E-state index in [2.05, 4.69) is 5.32 Å². The lowest BCUT2D eigenvalue weighted by molar-refractivity contribution is -0.304. The van der Waals surface area contributed by atoms with Crippen molar-refractivity contribution in [2.75, 3.05) is 14.2 Å². The van der Waals surface area contributed by atoms with E-state index in [-0.39, 0.29) is 30.9 Å². The van der Waals surface area contributed by atoms with E-state index in [1.165, 1.54) is 14.0 Å². The predicted molar refractivity (Wildman–Crippen MR) is 188 cm³/mol. The van der Waals surface area contributed by atoms with Gasteiger partial charge < -0.3 is 59.3 Å². The van der Waals surface area contributed by atoms with E-state index in [1.54, 1.807) is 41.7 Å². The lowest BCUT2D eigenvalue weighted by atomic mass is 9.78. The minimum Gasteiger partial charge on any atom is -0.459 e. The van der Waals surface area contributed by atoms with Gasteiger partial charge in [0.15, 0.2) is 12.6 Å². The highest BCUT2D eigenvalue weighted by Crippen LogP contribution is 2.37. The summed E-state index contributed by atoms with van der Waals surface area (Å²) < 4.78 is 36.5. The molecule has 18 atom stereocenters. The van der Waals surface area contributed by atoms with Gasteiger partial charge in [0.1, 0.15) is 23.9 Å². The first-order chi connectivity index (χ1) is 23.2. The molecule has 0 bridgehead atoms. The van der Waals surface area contributed by atoms with Gasteiger partial charge in [-0.15, -0.1) is 0 Å². The zero-order valence-electron chi connectivity index (χ0n) is 32.9. The van der Waals surface area contributed by atoms with E-state index < -0.39 is 96.3 Å². The lowest BCUT2D eigenvalue weighted by Crippen LogP contribution is -2.58. The summed E-state index contributed by atoms with van der Waals surface area (Å²) in [5, 5.41) is 58.7. The van der Waals surface area contributed by atoms with Gasteiger partial charge in [-0.3, -0.25) is 4.79 Å². The molecule has 2 aliphatic rings. The number of carbonyl (C=O) groups excluding carboxylic acids is 1. The van der Waals surface area contributed by atoms with Crippen LogP contribution in [0.3, 0.4) is 0 Å². The molecule has 2 heterocycles. The van der Waals surface area contributed by atoms with E-state index in [9.17, 15) is 30.3 Å². The second-order valence-corrected chi connectivity index (χ2v) is 15.6. The number of hydrogen-bond acceptors (Lipinski definition) is 13. The van der Waals surface area contributed by atoms with Crippen LogP contribution in [0.1, 0.15) is 108 Å². The molecule has 0 aliphatic carbocycles. The number of aliphatic hydroxyl groups is 5. The number of nitrogens with one attached hydrogen (secondary N) is 1. The third kappa shape index (κ3) is 10.8. The van der Waals surface area contributed by atoms with Gasteiger partial charge in [0, 0.05) is 31.4 Å². The average molecular weight is 722 g/mol. The summed E-state index contributed by atoms with van der Waals surface area (Å²) >= 11 is 0. The van der Waals surface area contributed by atoms with Crippen molar-refractivity contribution in [2.45, 2.75) is 193 Å². The second-order valence-electron chi connectivity index (χ2n) is 15.6. The number of rotatable bonds is 19. The highest BCUT2D eigenvalue weighted by Gasteiger charge is 2.49. The van der Waals surface area contributed by atoms with Crippen molar-refractivity contribution in [1.29, 1.82) is 0 Å². The third-order valence-electron chi connectivity index (χ3n) is 11.5. The number of carbonyl (C=O) groups is 1. The predicted octanol–water partition coefficient (Wildman–Crippen LogP) is 2.90. The highest BCUT2D eigenvalue weighted by molar-refractivity contribution is 5.73. The maximum absolute atomic E-state index is 14.0. The quantitative estimate of drug-likeness (QED) is 0.107. The molecule has 13 heteroatoms. The molecule has 0 aromatic carbocycles. The Hall–Kier alpha value is -0.970. The lowest BCUT2D eigenvalue weighted by Gasteiger charge is -2.46. The molecule has 6 N–H and O–H groups in total. The molecule has 0 amide bonds. The molecule has 0 saturated carbocycles. The zero-order valence-corrected chi connectivity index (χ0v) is 32.9. The van der Waals surface area contributed by atoms with E-state index in [4.69, 9.17) is 28.4 Å². The number of methoxy groups -OCH3 is 1. The molecule has 0 unspecified atom stereocenters. The number of hydrogen-bond donors (Lipinski definition) is 6. The molecule has 0 aromatic rings. The summed E-state index contributed by atoms with van der Waals surface area (Å²) in [5.41, 5.74) is -2.85. The topological polar surface area (TPSA) is 186 Å². The molecule has 296 valence electrons. The van der Waals surface area contributed by atoms with Crippen LogP contribution < -0.4 is 5.32 Å². The number of esters is 1. The smallest absolute Gasteiger partial charge is 0.311 e. The Balaban J connectivity index is 2.36. The van der Waals surface area contributed by atoms with Crippen molar-refractivity contribution in [2.24, 2.45) is 23.7 Å². The SMILES string of the molecule is CCC[C@@H](C)[C@H](O)[C@H](C)[C@@H](O)[C@](C)(O)[C@@H](CC)OC(=O)[C@H](C)[C@@H](O[C@H]1C[C@@](C)(OC)[C@@H](O)[C@H](C)O1)[C@H](C)[C@H](C)O[C@@H]1O[C@H](C)C[C@H](NC)[C@H]1O. The summed E-state index contributed by atoms with van der Waals surface area (Å²) in [4.78, 5) is 14.0. The third-order valence-corrected chi connectivity index (χ3v) is 11.5. The summed E-state index contributed by atoms with van der Waals surface area (Å²) in [6, 6.07) is -0.227. The minimum atomic E-state index is -1.87. The zero-order chi connectivity index (χ0) is 38.3. The Morgan fingerprint density at radius 1 is 1.04 bits per heavy atom. The Labute approximate surface area is 300 Å². The van der Waals surface area contributed by atoms with E-state index in [1.807, 2.05) is 34.6 Å². The molecule has 0 spiro atoms. The highest BCUT2D eigenvalue weighted by atomic mass is 16.7. The Kier molecular flexibility index (Phi) is 17.5. The maximum Gasteiger partial charge on any atom is 0.311 e. The van der Waals surface area contributed by atoms with Crippen molar-refractivity contribution < 1.29 is 58.7 Å². The van der Waals surface area contributed by atoms with Crippen LogP contribution in [0.5, 0.6) is 0 Å². The van der Waals surface area contributed by atoms with Crippen LogP contribution in [-0.2, 0) is 33.2 Å². The van der Waals surface area contributed by atoms with Crippen molar-refractivity contribution in [3.63, 3.8) is 0 Å². The fraction of sp³-hybridized carbons (Fsp3) is 0.973. The molecule has 2 aliphatic heterocycles. The Morgan fingerprint density at radius 3 is 2.20 bits per heavy atom. The van der Waals surface area contributed by atoms with Crippen LogP contribution in [0, 0.1) is 23.7 Å². The maximum atomic E-state index is 14.0. The van der Waals surface area contributed by atoms with Crippen molar-refractivity contribution in [3.05, 3.63) is 0 Å². The van der Waals surface area contributed by atoms with E-state index in [0.717, 1.165) is 12.8 Å². The van der Waals surface area contributed by atoms with Gasteiger partial charge in [0.2, 0.25) is 0 Å². The van der Waals surface area contributed by atoms with Gasteiger partial charge in [0.25, 0.3) is 0 Å². The number of aliphatic hydroxyl groups excluding tert-OH is 4. The Morgan fingerprint density at radius 2 is 1.66 bits per heavy atom. The summed E-state index contributed by atoms with van der Waals surface area (Å²) in [5.74, 6) is -2.86. The van der Waals surface area contributed by atoms with Crippen molar-refractivity contribution >= 4 is 5.97 Å².